The third kappa shape index (κ3) is 4.28. The average Bonchev–Trinajstić information content (AvgIpc) is 2.74. The first-order valence-corrected chi connectivity index (χ1v) is 9.35. The van der Waals surface area contributed by atoms with Crippen molar-refractivity contribution in [2.24, 2.45) is 0 Å². The summed E-state index contributed by atoms with van der Waals surface area (Å²) in [5.41, 5.74) is 2.80. The van der Waals surface area contributed by atoms with Crippen molar-refractivity contribution in [3.8, 4) is 0 Å². The van der Waals surface area contributed by atoms with Gasteiger partial charge in [-0.1, -0.05) is 29.8 Å². The number of carbonyl (C=O) groups is 1. The fourth-order valence-electron chi connectivity index (χ4n) is 2.95. The molecule has 0 aliphatic carbocycles. The molecule has 2 aromatic carbocycles. The topological polar surface area (TPSA) is 75.5 Å². The van der Waals surface area contributed by atoms with Crippen molar-refractivity contribution in [1.29, 1.82) is 0 Å². The minimum absolute atomic E-state index is 0.152. The van der Waals surface area contributed by atoms with Crippen molar-refractivity contribution in [2.75, 3.05) is 10.6 Å². The molecule has 6 nitrogen and oxygen atoms in total. The standard InChI is InChI=1S/C22H17ClN4O2/c23-15-8-10-16(11-9-15)26-22(29)18-5-1-2-6-19(18)24-14-17-13-21(28)27-12-4-3-7-20(27)25-17/h1-13,24H,14H2,(H,26,29). The van der Waals surface area contributed by atoms with E-state index < -0.39 is 0 Å². The molecule has 0 saturated heterocycles. The van der Waals surface area contributed by atoms with Crippen LogP contribution in [0.15, 0.2) is 83.8 Å². The maximum atomic E-state index is 12.7. The lowest BCUT2D eigenvalue weighted by atomic mass is 10.1. The molecule has 2 heterocycles. The number of hydrogen-bond donors (Lipinski definition) is 2. The first kappa shape index (κ1) is 18.7. The van der Waals surface area contributed by atoms with E-state index in [1.165, 1.54) is 10.5 Å². The number of amides is 1. The molecule has 0 unspecified atom stereocenters. The van der Waals surface area contributed by atoms with Crippen molar-refractivity contribution in [2.45, 2.75) is 6.54 Å². The predicted molar refractivity (Wildman–Crippen MR) is 115 cm³/mol. The largest absolute Gasteiger partial charge is 0.379 e. The van der Waals surface area contributed by atoms with Gasteiger partial charge in [-0.3, -0.25) is 14.0 Å². The molecule has 29 heavy (non-hydrogen) atoms. The molecule has 0 fully saturated rings. The van der Waals surface area contributed by atoms with Crippen LogP contribution in [-0.2, 0) is 6.54 Å². The Morgan fingerprint density at radius 3 is 2.59 bits per heavy atom. The quantitative estimate of drug-likeness (QED) is 0.522. The Bertz CT molecular complexity index is 1240. The van der Waals surface area contributed by atoms with Gasteiger partial charge in [-0.25, -0.2) is 4.98 Å². The van der Waals surface area contributed by atoms with Crippen molar-refractivity contribution < 1.29 is 4.79 Å². The van der Waals surface area contributed by atoms with Crippen LogP contribution in [0, 0.1) is 0 Å². The summed E-state index contributed by atoms with van der Waals surface area (Å²) in [6, 6.07) is 20.9. The van der Waals surface area contributed by atoms with Gasteiger partial charge in [0, 0.05) is 28.7 Å². The number of fused-ring (bicyclic) bond motifs is 1. The number of aromatic nitrogens is 2. The van der Waals surface area contributed by atoms with Gasteiger partial charge in [0.2, 0.25) is 0 Å². The third-order valence-electron chi connectivity index (χ3n) is 4.36. The van der Waals surface area contributed by atoms with E-state index in [-0.39, 0.29) is 11.5 Å². The van der Waals surface area contributed by atoms with Crippen LogP contribution in [0.3, 0.4) is 0 Å². The molecule has 2 aromatic heterocycles. The van der Waals surface area contributed by atoms with Crippen molar-refractivity contribution in [3.63, 3.8) is 0 Å². The van der Waals surface area contributed by atoms with Gasteiger partial charge in [-0.15, -0.1) is 0 Å². The molecule has 1 amide bonds. The molecule has 4 aromatic rings. The molecule has 0 bridgehead atoms. The molecule has 0 atom stereocenters. The lowest BCUT2D eigenvalue weighted by molar-refractivity contribution is 0.102. The summed E-state index contributed by atoms with van der Waals surface area (Å²) in [6.07, 6.45) is 1.68. The zero-order valence-corrected chi connectivity index (χ0v) is 16.1. The summed E-state index contributed by atoms with van der Waals surface area (Å²) in [6.45, 7) is 0.311. The van der Waals surface area contributed by atoms with Crippen LogP contribution >= 0.6 is 11.6 Å². The smallest absolute Gasteiger partial charge is 0.258 e. The summed E-state index contributed by atoms with van der Waals surface area (Å²) in [5, 5.41) is 6.66. The summed E-state index contributed by atoms with van der Waals surface area (Å²) in [7, 11) is 0. The Balaban J connectivity index is 1.53. The van der Waals surface area contributed by atoms with E-state index in [1.807, 2.05) is 18.2 Å². The number of rotatable bonds is 5. The van der Waals surface area contributed by atoms with E-state index in [0.29, 0.717) is 39.8 Å². The third-order valence-corrected chi connectivity index (χ3v) is 4.61. The van der Waals surface area contributed by atoms with E-state index in [0.717, 1.165) is 0 Å². The van der Waals surface area contributed by atoms with Crippen LogP contribution in [-0.4, -0.2) is 15.3 Å². The number of pyridine rings is 1. The first-order chi connectivity index (χ1) is 14.1. The SMILES string of the molecule is O=C(Nc1ccc(Cl)cc1)c1ccccc1NCc1cc(=O)n2ccccc2n1. The Labute approximate surface area is 171 Å². The number of nitrogens with zero attached hydrogens (tertiary/aromatic N) is 2. The highest BCUT2D eigenvalue weighted by molar-refractivity contribution is 6.30. The molecule has 0 spiro atoms. The molecule has 7 heteroatoms. The van der Waals surface area contributed by atoms with Crippen LogP contribution in [0.5, 0.6) is 0 Å². The van der Waals surface area contributed by atoms with Gasteiger partial charge in [0.1, 0.15) is 5.65 Å². The lowest BCUT2D eigenvalue weighted by Gasteiger charge is -2.12. The Morgan fingerprint density at radius 1 is 1.00 bits per heavy atom. The molecule has 0 radical (unpaired) electrons. The number of benzene rings is 2. The molecule has 0 aliphatic heterocycles. The highest BCUT2D eigenvalue weighted by Crippen LogP contribution is 2.19. The van der Waals surface area contributed by atoms with Crippen molar-refractivity contribution in [1.82, 2.24) is 9.38 Å². The minimum atomic E-state index is -0.248. The van der Waals surface area contributed by atoms with Gasteiger partial charge < -0.3 is 10.6 Å². The second-order valence-electron chi connectivity index (χ2n) is 6.37. The zero-order chi connectivity index (χ0) is 20.2. The Kier molecular flexibility index (Phi) is 5.27. The molecule has 4 rings (SSSR count). The maximum Gasteiger partial charge on any atom is 0.258 e. The van der Waals surface area contributed by atoms with Crippen LogP contribution in [0.4, 0.5) is 11.4 Å². The minimum Gasteiger partial charge on any atom is -0.379 e. The van der Waals surface area contributed by atoms with Gasteiger partial charge in [-0.05, 0) is 48.5 Å². The van der Waals surface area contributed by atoms with E-state index in [4.69, 9.17) is 11.6 Å². The van der Waals surface area contributed by atoms with Crippen LogP contribution in [0.2, 0.25) is 5.02 Å². The van der Waals surface area contributed by atoms with Gasteiger partial charge >= 0.3 is 0 Å². The highest BCUT2D eigenvalue weighted by atomic mass is 35.5. The summed E-state index contributed by atoms with van der Waals surface area (Å²) < 4.78 is 1.48. The number of hydrogen-bond acceptors (Lipinski definition) is 4. The predicted octanol–water partition coefficient (Wildman–Crippen LogP) is 4.21. The van der Waals surface area contributed by atoms with E-state index >= 15 is 0 Å². The van der Waals surface area contributed by atoms with E-state index in [9.17, 15) is 9.59 Å². The number of carbonyl (C=O) groups excluding carboxylic acids is 1. The molecule has 2 N–H and O–H groups in total. The zero-order valence-electron chi connectivity index (χ0n) is 15.3. The van der Waals surface area contributed by atoms with Gasteiger partial charge in [0.15, 0.2) is 0 Å². The number of nitrogens with one attached hydrogen (secondary N) is 2. The average molecular weight is 405 g/mol. The monoisotopic (exact) mass is 404 g/mol. The van der Waals surface area contributed by atoms with Gasteiger partial charge in [-0.2, -0.15) is 0 Å². The molecule has 0 saturated carbocycles. The molecular weight excluding hydrogens is 388 g/mol. The maximum absolute atomic E-state index is 12.7. The van der Waals surface area contributed by atoms with Crippen LogP contribution < -0.4 is 16.2 Å². The fourth-order valence-corrected chi connectivity index (χ4v) is 3.07. The summed E-state index contributed by atoms with van der Waals surface area (Å²) in [4.78, 5) is 29.4. The molecular formula is C22H17ClN4O2. The Hall–Kier alpha value is -3.64. The lowest BCUT2D eigenvalue weighted by Crippen LogP contribution is -2.18. The van der Waals surface area contributed by atoms with Gasteiger partial charge in [0.05, 0.1) is 17.8 Å². The fraction of sp³-hybridized carbons (Fsp3) is 0.0455. The van der Waals surface area contributed by atoms with Crippen LogP contribution in [0.1, 0.15) is 16.1 Å². The van der Waals surface area contributed by atoms with E-state index in [1.54, 1.807) is 54.7 Å². The second-order valence-corrected chi connectivity index (χ2v) is 6.81. The van der Waals surface area contributed by atoms with E-state index in [2.05, 4.69) is 15.6 Å². The summed E-state index contributed by atoms with van der Waals surface area (Å²) >= 11 is 5.89. The summed E-state index contributed by atoms with van der Waals surface area (Å²) in [5.74, 6) is -0.248. The first-order valence-electron chi connectivity index (χ1n) is 8.97. The molecule has 144 valence electrons. The second kappa shape index (κ2) is 8.16. The van der Waals surface area contributed by atoms with Crippen molar-refractivity contribution in [3.05, 3.63) is 106 Å². The van der Waals surface area contributed by atoms with Crippen molar-refractivity contribution >= 4 is 34.5 Å². The Morgan fingerprint density at radius 2 is 1.76 bits per heavy atom. The normalized spacial score (nSPS) is 10.7. The highest BCUT2D eigenvalue weighted by Gasteiger charge is 2.12. The number of para-hydroxylation sites is 1. The van der Waals surface area contributed by atoms with Gasteiger partial charge in [0.25, 0.3) is 11.5 Å². The molecule has 0 aliphatic rings. The number of anilines is 2. The number of halogens is 1. The van der Waals surface area contributed by atoms with Crippen LogP contribution in [0.25, 0.3) is 5.65 Å².